The molecule has 0 aliphatic rings. The predicted octanol–water partition coefficient (Wildman–Crippen LogP) is 6.11. The summed E-state index contributed by atoms with van der Waals surface area (Å²) in [6.45, 7) is 0. The van der Waals surface area contributed by atoms with Crippen molar-refractivity contribution in [1.82, 2.24) is 4.57 Å². The Labute approximate surface area is 184 Å². The molecule has 5 aromatic rings. The molecule has 0 aliphatic carbocycles. The van der Waals surface area contributed by atoms with Crippen LogP contribution >= 0.6 is 0 Å². The van der Waals surface area contributed by atoms with E-state index in [1.807, 2.05) is 102 Å². The van der Waals surface area contributed by atoms with Gasteiger partial charge in [0.2, 0.25) is 0 Å². The third-order valence-corrected chi connectivity index (χ3v) is 5.56. The van der Waals surface area contributed by atoms with E-state index < -0.39 is 5.97 Å². The molecule has 0 atom stereocenters. The fraction of sp³-hybridized carbons (Fsp3) is 0. The van der Waals surface area contributed by atoms with Gasteiger partial charge in [-0.25, -0.2) is 4.79 Å². The normalized spacial score (nSPS) is 11.4. The molecule has 0 amide bonds. The maximum atomic E-state index is 13.8. The van der Waals surface area contributed by atoms with Crippen molar-refractivity contribution in [1.29, 1.82) is 0 Å². The summed E-state index contributed by atoms with van der Waals surface area (Å²) < 4.78 is 2.00. The van der Waals surface area contributed by atoms with Crippen molar-refractivity contribution >= 4 is 39.5 Å². The van der Waals surface area contributed by atoms with Crippen LogP contribution in [0.1, 0.15) is 21.5 Å². The first-order valence-corrected chi connectivity index (χ1v) is 10.3. The Morgan fingerprint density at radius 3 is 2.31 bits per heavy atom. The first-order valence-electron chi connectivity index (χ1n) is 10.3. The van der Waals surface area contributed by atoms with Gasteiger partial charge >= 0.3 is 5.97 Å². The van der Waals surface area contributed by atoms with Gasteiger partial charge in [-0.1, -0.05) is 66.7 Å². The number of para-hydroxylation sites is 1. The van der Waals surface area contributed by atoms with Gasteiger partial charge in [-0.15, -0.1) is 0 Å². The zero-order valence-electron chi connectivity index (χ0n) is 17.1. The van der Waals surface area contributed by atoms with Gasteiger partial charge < -0.3 is 9.67 Å². The van der Waals surface area contributed by atoms with E-state index in [4.69, 9.17) is 5.11 Å². The molecule has 0 bridgehead atoms. The molecule has 0 spiro atoms. The van der Waals surface area contributed by atoms with Crippen LogP contribution < -0.4 is 0 Å². The van der Waals surface area contributed by atoms with E-state index in [0.29, 0.717) is 11.1 Å². The number of carboxylic acids is 1. The maximum absolute atomic E-state index is 13.8. The number of aliphatic carboxylic acids is 1. The van der Waals surface area contributed by atoms with Gasteiger partial charge in [0, 0.05) is 34.5 Å². The zero-order valence-corrected chi connectivity index (χ0v) is 17.1. The summed E-state index contributed by atoms with van der Waals surface area (Å²) in [6, 6.07) is 29.1. The Bertz CT molecular complexity index is 1510. The van der Waals surface area contributed by atoms with Crippen molar-refractivity contribution < 1.29 is 14.7 Å². The quantitative estimate of drug-likeness (QED) is 0.277. The number of rotatable bonds is 5. The van der Waals surface area contributed by atoms with Gasteiger partial charge in [-0.05, 0) is 46.7 Å². The summed E-state index contributed by atoms with van der Waals surface area (Å²) in [6.07, 6.45) is 4.50. The number of fused-ring (bicyclic) bond motifs is 2. The first kappa shape index (κ1) is 19.5. The topological polar surface area (TPSA) is 59.3 Å². The Morgan fingerprint density at radius 2 is 1.50 bits per heavy atom. The number of benzene rings is 4. The molecular formula is C28H19NO3. The van der Waals surface area contributed by atoms with Gasteiger partial charge in [0.25, 0.3) is 0 Å². The summed E-state index contributed by atoms with van der Waals surface area (Å²) in [5.74, 6) is -1.08. The Morgan fingerprint density at radius 1 is 0.750 bits per heavy atom. The molecule has 1 heterocycles. The van der Waals surface area contributed by atoms with E-state index in [9.17, 15) is 9.59 Å². The molecule has 0 saturated carbocycles. The zero-order chi connectivity index (χ0) is 22.1. The lowest BCUT2D eigenvalue weighted by Gasteiger charge is -2.05. The highest BCUT2D eigenvalue weighted by Crippen LogP contribution is 2.30. The van der Waals surface area contributed by atoms with Crippen LogP contribution in [0.3, 0.4) is 0 Å². The Kier molecular flexibility index (Phi) is 4.88. The predicted molar refractivity (Wildman–Crippen MR) is 127 cm³/mol. The second kappa shape index (κ2) is 8.00. The van der Waals surface area contributed by atoms with Crippen LogP contribution in [0, 0.1) is 0 Å². The summed E-state index contributed by atoms with van der Waals surface area (Å²) in [7, 11) is 0. The third-order valence-electron chi connectivity index (χ3n) is 5.56. The molecule has 154 valence electrons. The average Bonchev–Trinajstić information content (AvgIpc) is 3.21. The van der Waals surface area contributed by atoms with E-state index >= 15 is 0 Å². The molecule has 0 radical (unpaired) electrons. The second-order valence-corrected chi connectivity index (χ2v) is 7.55. The highest BCUT2D eigenvalue weighted by atomic mass is 16.4. The molecule has 0 fully saturated rings. The minimum absolute atomic E-state index is 0.0687. The van der Waals surface area contributed by atoms with E-state index in [-0.39, 0.29) is 5.78 Å². The SMILES string of the molecule is O=C(O)C=Cc1ccc2c(c1)c(C(=O)c1cccc3ccccc13)cn2-c1ccccc1. The number of carboxylic acid groups (broad SMARTS) is 1. The number of aromatic nitrogens is 1. The van der Waals surface area contributed by atoms with E-state index in [2.05, 4.69) is 0 Å². The number of nitrogens with zero attached hydrogens (tertiary/aromatic N) is 1. The third kappa shape index (κ3) is 3.48. The fourth-order valence-corrected chi connectivity index (χ4v) is 4.07. The monoisotopic (exact) mass is 417 g/mol. The van der Waals surface area contributed by atoms with Crippen molar-refractivity contribution in [3.8, 4) is 5.69 Å². The molecule has 4 nitrogen and oxygen atoms in total. The molecule has 0 aliphatic heterocycles. The number of hydrogen-bond acceptors (Lipinski definition) is 2. The van der Waals surface area contributed by atoms with Crippen molar-refractivity contribution in [3.05, 3.63) is 120 Å². The van der Waals surface area contributed by atoms with E-state index in [1.165, 1.54) is 6.08 Å². The standard InChI is InChI=1S/C28H19NO3/c30-27(31)16-14-19-13-15-26-24(17-19)25(18-29(26)21-9-2-1-3-10-21)28(32)23-12-6-8-20-7-4-5-11-22(20)23/h1-18H,(H,30,31). The molecule has 4 heteroatoms. The molecule has 1 N–H and O–H groups in total. The van der Waals surface area contributed by atoms with Gasteiger partial charge in [0.05, 0.1) is 5.52 Å². The number of carbonyl (C=O) groups is 2. The van der Waals surface area contributed by atoms with Crippen LogP contribution in [0.5, 0.6) is 0 Å². The maximum Gasteiger partial charge on any atom is 0.328 e. The van der Waals surface area contributed by atoms with Crippen molar-refractivity contribution in [2.24, 2.45) is 0 Å². The van der Waals surface area contributed by atoms with Crippen LogP contribution in [-0.2, 0) is 4.79 Å². The number of carbonyl (C=O) groups excluding carboxylic acids is 1. The van der Waals surface area contributed by atoms with Crippen LogP contribution in [-0.4, -0.2) is 21.4 Å². The molecule has 0 saturated heterocycles. The van der Waals surface area contributed by atoms with Crippen molar-refractivity contribution in [3.63, 3.8) is 0 Å². The Hall–Kier alpha value is -4.44. The van der Waals surface area contributed by atoms with E-state index in [1.54, 1.807) is 0 Å². The lowest BCUT2D eigenvalue weighted by Crippen LogP contribution is -2.01. The highest BCUT2D eigenvalue weighted by molar-refractivity contribution is 6.21. The Balaban J connectivity index is 1.74. The fourth-order valence-electron chi connectivity index (χ4n) is 4.07. The highest BCUT2D eigenvalue weighted by Gasteiger charge is 2.19. The summed E-state index contributed by atoms with van der Waals surface area (Å²) in [5.41, 5.74) is 3.76. The van der Waals surface area contributed by atoms with Crippen molar-refractivity contribution in [2.45, 2.75) is 0 Å². The second-order valence-electron chi connectivity index (χ2n) is 7.55. The van der Waals surface area contributed by atoms with Crippen LogP contribution in [0.15, 0.2) is 103 Å². The number of hydrogen-bond donors (Lipinski definition) is 1. The van der Waals surface area contributed by atoms with Gasteiger partial charge in [-0.2, -0.15) is 0 Å². The summed E-state index contributed by atoms with van der Waals surface area (Å²) in [4.78, 5) is 24.7. The van der Waals surface area contributed by atoms with Crippen LogP contribution in [0.2, 0.25) is 0 Å². The smallest absolute Gasteiger partial charge is 0.328 e. The number of ketones is 1. The molecule has 4 aromatic carbocycles. The van der Waals surface area contributed by atoms with Crippen LogP contribution in [0.25, 0.3) is 33.4 Å². The van der Waals surface area contributed by atoms with Crippen LogP contribution in [0.4, 0.5) is 0 Å². The largest absolute Gasteiger partial charge is 0.478 e. The summed E-state index contributed by atoms with van der Waals surface area (Å²) >= 11 is 0. The lowest BCUT2D eigenvalue weighted by molar-refractivity contribution is -0.131. The molecule has 5 rings (SSSR count). The van der Waals surface area contributed by atoms with E-state index in [0.717, 1.165) is 39.0 Å². The molecule has 0 unspecified atom stereocenters. The van der Waals surface area contributed by atoms with Crippen molar-refractivity contribution in [2.75, 3.05) is 0 Å². The van der Waals surface area contributed by atoms with Gasteiger partial charge in [0.1, 0.15) is 0 Å². The minimum Gasteiger partial charge on any atom is -0.478 e. The first-order chi connectivity index (χ1) is 15.6. The lowest BCUT2D eigenvalue weighted by atomic mass is 9.96. The molecule has 1 aromatic heterocycles. The average molecular weight is 417 g/mol. The molecule has 32 heavy (non-hydrogen) atoms. The molecular weight excluding hydrogens is 398 g/mol. The summed E-state index contributed by atoms with van der Waals surface area (Å²) in [5, 5.41) is 11.7. The van der Waals surface area contributed by atoms with Gasteiger partial charge in [-0.3, -0.25) is 4.79 Å². The minimum atomic E-state index is -1.01. The van der Waals surface area contributed by atoms with Gasteiger partial charge in [0.15, 0.2) is 5.78 Å².